The lowest BCUT2D eigenvalue weighted by atomic mass is 9.99. The van der Waals surface area contributed by atoms with Crippen LogP contribution >= 0.6 is 0 Å². The number of hydrogen-bond donors (Lipinski definition) is 6. The lowest BCUT2D eigenvalue weighted by molar-refractivity contribution is -0.252. The SMILES string of the molecule is CN(C[C@@H]1C[C@H](c2ccc(CO)cc2)O[C@H](c2cccc(NC(=O)CCCCC(=O)NO)c2)O1)C[C@@H](O)c1cccc(O)c1. The summed E-state index contributed by atoms with van der Waals surface area (Å²) in [6.45, 7) is 0.783. The number of amides is 2. The van der Waals surface area contributed by atoms with Crippen LogP contribution in [0.5, 0.6) is 5.75 Å². The van der Waals surface area contributed by atoms with Crippen LogP contribution in [0.3, 0.4) is 0 Å². The van der Waals surface area contributed by atoms with Crippen LogP contribution in [0.15, 0.2) is 72.8 Å². The molecule has 0 saturated carbocycles. The number of carbonyl (C=O) groups is 2. The molecule has 44 heavy (non-hydrogen) atoms. The van der Waals surface area contributed by atoms with Crippen LogP contribution in [0.25, 0.3) is 0 Å². The standard InChI is InChI=1S/C33H41N3O8/c1-36(20-29(39)24-6-5-9-27(38)17-24)19-28-18-30(23-14-12-22(21-37)13-15-23)44-33(43-28)25-7-4-8-26(16-25)34-31(40)10-2-3-11-32(41)35-42/h4-9,12-17,28-30,33,37-39,42H,2-3,10-11,18-21H2,1H3,(H,34,40)(H,35,41)/t28-,29+,30+,33+/m0/s1. The van der Waals surface area contributed by atoms with Gasteiger partial charge in [0.25, 0.3) is 0 Å². The van der Waals surface area contributed by atoms with Gasteiger partial charge in [-0.3, -0.25) is 14.8 Å². The maximum absolute atomic E-state index is 12.5. The zero-order chi connectivity index (χ0) is 31.5. The number of benzene rings is 3. The molecule has 0 aromatic heterocycles. The van der Waals surface area contributed by atoms with Crippen molar-refractivity contribution in [3.63, 3.8) is 0 Å². The summed E-state index contributed by atoms with van der Waals surface area (Å²) < 4.78 is 12.9. The van der Waals surface area contributed by atoms with Gasteiger partial charge in [0.2, 0.25) is 11.8 Å². The molecule has 2 amide bonds. The van der Waals surface area contributed by atoms with Crippen LogP contribution in [-0.2, 0) is 25.7 Å². The van der Waals surface area contributed by atoms with Gasteiger partial charge in [0, 0.05) is 43.6 Å². The summed E-state index contributed by atoms with van der Waals surface area (Å²) >= 11 is 0. The molecule has 11 heteroatoms. The van der Waals surface area contributed by atoms with Crippen molar-refractivity contribution in [1.82, 2.24) is 10.4 Å². The van der Waals surface area contributed by atoms with Gasteiger partial charge in [-0.2, -0.15) is 0 Å². The molecule has 1 saturated heterocycles. The van der Waals surface area contributed by atoms with Crippen molar-refractivity contribution >= 4 is 17.5 Å². The van der Waals surface area contributed by atoms with Gasteiger partial charge >= 0.3 is 0 Å². The number of phenolic OH excluding ortho intramolecular Hbond substituents is 1. The van der Waals surface area contributed by atoms with E-state index in [0.29, 0.717) is 43.6 Å². The molecule has 3 aromatic rings. The van der Waals surface area contributed by atoms with Gasteiger partial charge < -0.3 is 35.0 Å². The number of carbonyl (C=O) groups excluding carboxylic acids is 2. The lowest BCUT2D eigenvalue weighted by Gasteiger charge is -2.38. The second-order valence-electron chi connectivity index (χ2n) is 11.1. The van der Waals surface area contributed by atoms with E-state index in [-0.39, 0.29) is 43.3 Å². The number of nitrogens with one attached hydrogen (secondary N) is 2. The zero-order valence-electron chi connectivity index (χ0n) is 24.8. The number of anilines is 1. The molecule has 1 heterocycles. The highest BCUT2D eigenvalue weighted by molar-refractivity contribution is 5.90. The zero-order valence-corrected chi connectivity index (χ0v) is 24.8. The van der Waals surface area contributed by atoms with Gasteiger partial charge in [-0.05, 0) is 60.8 Å². The van der Waals surface area contributed by atoms with Crippen LogP contribution in [-0.4, -0.2) is 63.5 Å². The number of aliphatic hydroxyl groups excluding tert-OH is 2. The summed E-state index contributed by atoms with van der Waals surface area (Å²) in [7, 11) is 1.90. The van der Waals surface area contributed by atoms with E-state index in [1.807, 2.05) is 54.4 Å². The molecular weight excluding hydrogens is 566 g/mol. The van der Waals surface area contributed by atoms with Crippen LogP contribution in [0.2, 0.25) is 0 Å². The molecule has 236 valence electrons. The first-order valence-electron chi connectivity index (χ1n) is 14.7. The maximum Gasteiger partial charge on any atom is 0.243 e. The molecule has 0 radical (unpaired) electrons. The van der Waals surface area contributed by atoms with E-state index in [9.17, 15) is 24.9 Å². The molecular formula is C33H41N3O8. The number of hydrogen-bond acceptors (Lipinski definition) is 9. The third-order valence-corrected chi connectivity index (χ3v) is 7.49. The van der Waals surface area contributed by atoms with E-state index >= 15 is 0 Å². The minimum atomic E-state index is -0.795. The van der Waals surface area contributed by atoms with Gasteiger partial charge in [0.05, 0.1) is 24.9 Å². The van der Waals surface area contributed by atoms with Crippen LogP contribution in [0.4, 0.5) is 5.69 Å². The summed E-state index contributed by atoms with van der Waals surface area (Å²) in [4.78, 5) is 25.6. The Kier molecular flexibility index (Phi) is 12.2. The third kappa shape index (κ3) is 9.84. The van der Waals surface area contributed by atoms with Crippen molar-refractivity contribution in [3.05, 3.63) is 95.1 Å². The maximum atomic E-state index is 12.5. The van der Waals surface area contributed by atoms with E-state index in [2.05, 4.69) is 5.32 Å². The summed E-state index contributed by atoms with van der Waals surface area (Å²) in [6.07, 6.45) is -0.168. The first kappa shape index (κ1) is 33.1. The Morgan fingerprint density at radius 2 is 1.68 bits per heavy atom. The number of aliphatic hydroxyl groups is 2. The second kappa shape index (κ2) is 16.3. The Morgan fingerprint density at radius 3 is 2.39 bits per heavy atom. The second-order valence-corrected chi connectivity index (χ2v) is 11.1. The summed E-state index contributed by atoms with van der Waals surface area (Å²) in [6, 6.07) is 21.5. The largest absolute Gasteiger partial charge is 0.508 e. The monoisotopic (exact) mass is 607 g/mol. The van der Waals surface area contributed by atoms with Gasteiger partial charge in [-0.15, -0.1) is 0 Å². The highest BCUT2D eigenvalue weighted by atomic mass is 16.7. The Labute approximate surface area is 257 Å². The van der Waals surface area contributed by atoms with Crippen molar-refractivity contribution in [2.45, 2.75) is 63.3 Å². The average Bonchev–Trinajstić information content (AvgIpc) is 3.03. The van der Waals surface area contributed by atoms with Gasteiger partial charge in [-0.1, -0.05) is 48.5 Å². The molecule has 11 nitrogen and oxygen atoms in total. The normalized spacial score (nSPS) is 19.0. The number of hydroxylamine groups is 1. The summed E-state index contributed by atoms with van der Waals surface area (Å²) in [5, 5.41) is 41.5. The third-order valence-electron chi connectivity index (χ3n) is 7.49. The first-order valence-corrected chi connectivity index (χ1v) is 14.7. The van der Waals surface area contributed by atoms with Crippen molar-refractivity contribution in [3.8, 4) is 5.75 Å². The number of unbranched alkanes of at least 4 members (excludes halogenated alkanes) is 1. The molecule has 3 aromatic carbocycles. The van der Waals surface area contributed by atoms with Crippen molar-refractivity contribution < 1.29 is 39.6 Å². The summed E-state index contributed by atoms with van der Waals surface area (Å²) in [5.41, 5.74) is 5.27. The highest BCUT2D eigenvalue weighted by Crippen LogP contribution is 2.38. The predicted molar refractivity (Wildman–Crippen MR) is 162 cm³/mol. The fourth-order valence-electron chi connectivity index (χ4n) is 5.20. The smallest absolute Gasteiger partial charge is 0.243 e. The van der Waals surface area contributed by atoms with Crippen LogP contribution in [0, 0.1) is 0 Å². The number of aromatic hydroxyl groups is 1. The van der Waals surface area contributed by atoms with Crippen LogP contribution in [0.1, 0.15) is 72.9 Å². The van der Waals surface area contributed by atoms with Gasteiger partial charge in [-0.25, -0.2) is 5.48 Å². The van der Waals surface area contributed by atoms with E-state index < -0.39 is 18.3 Å². The molecule has 0 unspecified atom stereocenters. The molecule has 4 rings (SSSR count). The Balaban J connectivity index is 1.44. The van der Waals surface area contributed by atoms with E-state index in [1.165, 1.54) is 0 Å². The van der Waals surface area contributed by atoms with Gasteiger partial charge in [0.1, 0.15) is 5.75 Å². The first-order chi connectivity index (χ1) is 21.2. The van der Waals surface area contributed by atoms with Crippen molar-refractivity contribution in [1.29, 1.82) is 0 Å². The van der Waals surface area contributed by atoms with Crippen molar-refractivity contribution in [2.75, 3.05) is 25.5 Å². The van der Waals surface area contributed by atoms with E-state index in [0.717, 1.165) is 16.7 Å². The minimum absolute atomic E-state index is 0.0526. The lowest BCUT2D eigenvalue weighted by Crippen LogP contribution is -2.39. The van der Waals surface area contributed by atoms with E-state index in [1.54, 1.807) is 35.8 Å². The van der Waals surface area contributed by atoms with Crippen molar-refractivity contribution in [2.24, 2.45) is 0 Å². The highest BCUT2D eigenvalue weighted by Gasteiger charge is 2.33. The quantitative estimate of drug-likeness (QED) is 0.0901. The average molecular weight is 608 g/mol. The fraction of sp³-hybridized carbons (Fsp3) is 0.394. The summed E-state index contributed by atoms with van der Waals surface area (Å²) in [5.74, 6) is -0.575. The Hall–Kier alpha value is -3.84. The molecule has 0 bridgehead atoms. The molecule has 1 aliphatic rings. The predicted octanol–water partition coefficient (Wildman–Crippen LogP) is 4.10. The molecule has 0 spiro atoms. The molecule has 1 fully saturated rings. The Bertz CT molecular complexity index is 1370. The molecule has 0 aliphatic carbocycles. The molecule has 6 N–H and O–H groups in total. The minimum Gasteiger partial charge on any atom is -0.508 e. The number of rotatable bonds is 14. The number of nitrogens with zero attached hydrogens (tertiary/aromatic N) is 1. The Morgan fingerprint density at radius 1 is 0.955 bits per heavy atom. The topological polar surface area (TPSA) is 161 Å². The van der Waals surface area contributed by atoms with Crippen LogP contribution < -0.4 is 10.8 Å². The van der Waals surface area contributed by atoms with Gasteiger partial charge in [0.15, 0.2) is 6.29 Å². The molecule has 1 aliphatic heterocycles. The number of ether oxygens (including phenoxy) is 2. The molecule has 4 atom stereocenters. The number of likely N-dealkylation sites (N-methyl/N-ethyl adjacent to an activating group) is 1. The number of phenols is 1. The fourth-order valence-corrected chi connectivity index (χ4v) is 5.20. The van der Waals surface area contributed by atoms with E-state index in [4.69, 9.17) is 14.7 Å².